The molecule has 4 saturated carbocycles. The van der Waals surface area contributed by atoms with E-state index < -0.39 is 0 Å². The van der Waals surface area contributed by atoms with Gasteiger partial charge in [0.15, 0.2) is 0 Å². The van der Waals surface area contributed by atoms with Crippen LogP contribution in [0.3, 0.4) is 0 Å². The Morgan fingerprint density at radius 1 is 0.333 bits per heavy atom. The van der Waals surface area contributed by atoms with Crippen molar-refractivity contribution in [3.8, 4) is 33.4 Å². The average Bonchev–Trinajstić information content (AvgIpc) is 1.49. The van der Waals surface area contributed by atoms with E-state index in [1.807, 2.05) is 0 Å². The number of rotatable bonds is 8. The molecule has 0 heterocycles. The summed E-state index contributed by atoms with van der Waals surface area (Å²) >= 11 is 0. The van der Waals surface area contributed by atoms with Crippen LogP contribution >= 0.6 is 0 Å². The van der Waals surface area contributed by atoms with Crippen LogP contribution < -0.4 is 9.80 Å². The van der Waals surface area contributed by atoms with Gasteiger partial charge in [-0.3, -0.25) is 0 Å². The van der Waals surface area contributed by atoms with Crippen LogP contribution in [0, 0.1) is 23.7 Å². The fourth-order valence-corrected chi connectivity index (χ4v) is 18.1. The monoisotopic (exact) mass is 1100 g/mol. The van der Waals surface area contributed by atoms with Crippen LogP contribution in [-0.4, -0.2) is 0 Å². The molecular weight excluding hydrogens is 1010 g/mol. The second-order valence-corrected chi connectivity index (χ2v) is 31.8. The summed E-state index contributed by atoms with van der Waals surface area (Å²) in [5.41, 5.74) is 30.9. The van der Waals surface area contributed by atoms with E-state index in [2.05, 4.69) is 278 Å². The molecule has 7 aliphatic carbocycles. The first-order chi connectivity index (χ1) is 39.7. The van der Waals surface area contributed by atoms with E-state index >= 15 is 0 Å². The lowest BCUT2D eigenvalue weighted by atomic mass is 9.42. The molecule has 4 fully saturated rings. The topological polar surface area (TPSA) is 6.48 Å². The fraction of sp³-hybridized carbons (Fsp3) is 0.415. The van der Waals surface area contributed by atoms with Gasteiger partial charge in [0.25, 0.3) is 0 Å². The molecule has 4 bridgehead atoms. The van der Waals surface area contributed by atoms with Crippen LogP contribution in [0.5, 0.6) is 0 Å². The van der Waals surface area contributed by atoms with Crippen LogP contribution in [-0.2, 0) is 37.9 Å². The third-order valence-electron chi connectivity index (χ3n) is 22.6. The molecule has 1 spiro atoms. The molecular formula is C82H92N2. The van der Waals surface area contributed by atoms with Crippen molar-refractivity contribution in [1.29, 1.82) is 0 Å². The predicted octanol–water partition coefficient (Wildman–Crippen LogP) is 22.9. The number of nitrogens with zero attached hydrogens (tertiary/aromatic N) is 2. The van der Waals surface area contributed by atoms with Crippen molar-refractivity contribution in [2.75, 3.05) is 9.80 Å². The summed E-state index contributed by atoms with van der Waals surface area (Å²) in [6, 6.07) is 63.4. The van der Waals surface area contributed by atoms with Gasteiger partial charge >= 0.3 is 0 Å². The summed E-state index contributed by atoms with van der Waals surface area (Å²) in [6.45, 7) is 37.8. The molecule has 0 radical (unpaired) electrons. The highest BCUT2D eigenvalue weighted by Gasteiger charge is 2.64. The van der Waals surface area contributed by atoms with Crippen molar-refractivity contribution in [2.45, 2.75) is 194 Å². The van der Waals surface area contributed by atoms with Crippen LogP contribution in [0.1, 0.15) is 211 Å². The van der Waals surface area contributed by atoms with Crippen molar-refractivity contribution in [1.82, 2.24) is 0 Å². The first-order valence-electron chi connectivity index (χ1n) is 32.4. The third-order valence-corrected chi connectivity index (χ3v) is 22.6. The van der Waals surface area contributed by atoms with E-state index in [-0.39, 0.29) is 37.9 Å². The van der Waals surface area contributed by atoms with Gasteiger partial charge in [-0.2, -0.15) is 0 Å². The minimum absolute atomic E-state index is 0.0172. The van der Waals surface area contributed by atoms with Gasteiger partial charge in [0.05, 0.1) is 0 Å². The summed E-state index contributed by atoms with van der Waals surface area (Å²) in [6.07, 6.45) is 9.02. The summed E-state index contributed by atoms with van der Waals surface area (Å²) in [7, 11) is 0. The number of fused-ring (bicyclic) bond motifs is 10. The van der Waals surface area contributed by atoms with Gasteiger partial charge in [-0.05, 0) is 264 Å². The molecule has 0 aromatic heterocycles. The third kappa shape index (κ3) is 8.13. The SMILES string of the molecule is CCC1(CC)c2cc(N(c3ccc(C(C)(C)C)cc3)c3ccc(C(C)(C)C)cc3)ccc2-c2ccc3c(c21)C1(c2cc4c(cc2-3)C(C)(C)c2cc(N(c3ccc(C(C)(C)C)cc3)c3ccc(C(C)(C)C)cc3)ccc2-4)C2CC3CC(C2)CC1C3. The summed E-state index contributed by atoms with van der Waals surface area (Å²) in [4.78, 5) is 5.03. The van der Waals surface area contributed by atoms with Gasteiger partial charge < -0.3 is 9.80 Å². The Morgan fingerprint density at radius 3 is 1.02 bits per heavy atom. The van der Waals surface area contributed by atoms with Crippen molar-refractivity contribution in [3.63, 3.8) is 0 Å². The lowest BCUT2D eigenvalue weighted by Gasteiger charge is -2.61. The number of anilines is 6. The second-order valence-electron chi connectivity index (χ2n) is 31.8. The van der Waals surface area contributed by atoms with E-state index in [0.717, 1.165) is 24.7 Å². The zero-order valence-electron chi connectivity index (χ0n) is 53.7. The first-order valence-corrected chi connectivity index (χ1v) is 32.4. The lowest BCUT2D eigenvalue weighted by molar-refractivity contribution is -0.0404. The molecule has 430 valence electrons. The zero-order chi connectivity index (χ0) is 59.0. The standard InChI is InChI=1S/C82H92N2/c1-17-81(18-2)72-47-63(84(60-31-23-54(24-32-60)78(9,10)11)61-33-25-55(26-34-61)79(12,13)14)35-37-64(72)66-39-40-67-69-48-71-68(49-73(69)82(75(67)74(66)81)56-42-50-41-51(44-56)45-57(82)43-50)65-38-36-62(46-70(65)80(71,15)16)83(58-27-19-52(20-28-58)76(3,4)5)59-29-21-53(22-30-59)77(6,7)8/h19-40,46-51,56-57H,17-18,41-45H2,1-16H3. The highest BCUT2D eigenvalue weighted by molar-refractivity contribution is 5.96. The molecule has 0 N–H and O–H groups in total. The van der Waals surface area contributed by atoms with E-state index in [0.29, 0.717) is 11.8 Å². The van der Waals surface area contributed by atoms with Crippen molar-refractivity contribution < 1.29 is 0 Å². The Labute approximate surface area is 505 Å². The van der Waals surface area contributed by atoms with Gasteiger partial charge in [-0.1, -0.05) is 184 Å². The predicted molar refractivity (Wildman–Crippen MR) is 358 cm³/mol. The van der Waals surface area contributed by atoms with Crippen LogP contribution in [0.4, 0.5) is 34.1 Å². The Balaban J connectivity index is 0.921. The van der Waals surface area contributed by atoms with Gasteiger partial charge in [0.2, 0.25) is 0 Å². The van der Waals surface area contributed by atoms with Crippen LogP contribution in [0.15, 0.2) is 158 Å². The molecule has 0 unspecified atom stereocenters. The van der Waals surface area contributed by atoms with Crippen molar-refractivity contribution in [2.24, 2.45) is 23.7 Å². The van der Waals surface area contributed by atoms with Crippen molar-refractivity contribution in [3.05, 3.63) is 213 Å². The maximum Gasteiger partial charge on any atom is 0.0465 e. The van der Waals surface area contributed by atoms with Gasteiger partial charge in [0, 0.05) is 50.4 Å². The summed E-state index contributed by atoms with van der Waals surface area (Å²) in [5.74, 6) is 3.00. The Morgan fingerprint density at radius 2 is 0.643 bits per heavy atom. The van der Waals surface area contributed by atoms with Crippen molar-refractivity contribution >= 4 is 34.1 Å². The smallest absolute Gasteiger partial charge is 0.0465 e. The molecule has 2 nitrogen and oxygen atoms in total. The highest BCUT2D eigenvalue weighted by atomic mass is 15.1. The normalized spacial score (nSPS) is 21.9. The van der Waals surface area contributed by atoms with Crippen LogP contribution in [0.25, 0.3) is 33.4 Å². The molecule has 0 atom stereocenters. The zero-order valence-corrected chi connectivity index (χ0v) is 53.7. The minimum atomic E-state index is -0.209. The number of benzene rings is 8. The Hall–Kier alpha value is -6.64. The fourth-order valence-electron chi connectivity index (χ4n) is 18.1. The van der Waals surface area contributed by atoms with E-state index in [1.165, 1.54) is 139 Å². The van der Waals surface area contributed by atoms with Crippen LogP contribution in [0.2, 0.25) is 0 Å². The van der Waals surface area contributed by atoms with Gasteiger partial charge in [0.1, 0.15) is 0 Å². The Kier molecular flexibility index (Phi) is 12.3. The second kappa shape index (κ2) is 18.7. The molecule has 0 aliphatic heterocycles. The van der Waals surface area contributed by atoms with E-state index in [4.69, 9.17) is 0 Å². The maximum absolute atomic E-state index is 2.81. The number of hydrogen-bond acceptors (Lipinski definition) is 2. The van der Waals surface area contributed by atoms with E-state index in [9.17, 15) is 0 Å². The largest absolute Gasteiger partial charge is 0.310 e. The molecule has 0 saturated heterocycles. The quantitative estimate of drug-likeness (QED) is 0.150. The minimum Gasteiger partial charge on any atom is -0.310 e. The number of hydrogen-bond donors (Lipinski definition) is 0. The highest BCUT2D eigenvalue weighted by Crippen LogP contribution is 2.73. The molecule has 0 amide bonds. The first kappa shape index (κ1) is 55.2. The average molecular weight is 1110 g/mol. The molecule has 15 rings (SSSR count). The molecule has 2 heteroatoms. The lowest BCUT2D eigenvalue weighted by Crippen LogP contribution is -2.56. The summed E-state index contributed by atoms with van der Waals surface area (Å²) in [5, 5.41) is 0. The molecule has 7 aliphatic rings. The molecule has 8 aromatic carbocycles. The van der Waals surface area contributed by atoms with E-state index in [1.54, 1.807) is 16.7 Å². The maximum atomic E-state index is 2.81. The van der Waals surface area contributed by atoms with Gasteiger partial charge in [-0.25, -0.2) is 0 Å². The molecule has 84 heavy (non-hydrogen) atoms. The Bertz CT molecular complexity index is 3760. The molecule has 8 aromatic rings. The van der Waals surface area contributed by atoms with Gasteiger partial charge in [-0.15, -0.1) is 0 Å². The summed E-state index contributed by atoms with van der Waals surface area (Å²) < 4.78 is 0.